The summed E-state index contributed by atoms with van der Waals surface area (Å²) >= 11 is 0. The summed E-state index contributed by atoms with van der Waals surface area (Å²) in [7, 11) is 0. The second kappa shape index (κ2) is 7.05. The number of carbonyl (C=O) groups is 1. The molecule has 1 aliphatic heterocycles. The van der Waals surface area contributed by atoms with Gasteiger partial charge in [-0.05, 0) is 25.7 Å². The molecule has 6 heteroatoms. The van der Waals surface area contributed by atoms with Crippen LogP contribution >= 0.6 is 0 Å². The third kappa shape index (κ3) is 3.55. The fourth-order valence-corrected chi connectivity index (χ4v) is 3.02. The van der Waals surface area contributed by atoms with Crippen LogP contribution in [0.2, 0.25) is 0 Å². The Hall–Kier alpha value is -1.69. The molecule has 1 aliphatic carbocycles. The predicted octanol–water partition coefficient (Wildman–Crippen LogP) is 2.16. The number of amides is 1. The van der Waals surface area contributed by atoms with E-state index in [0.29, 0.717) is 31.9 Å². The first-order valence-electron chi connectivity index (χ1n) is 8.24. The van der Waals surface area contributed by atoms with Crippen LogP contribution in [0.25, 0.3) is 0 Å². The van der Waals surface area contributed by atoms with Gasteiger partial charge in [-0.3, -0.25) is 9.89 Å². The summed E-state index contributed by atoms with van der Waals surface area (Å²) in [6, 6.07) is 0. The Morgan fingerprint density at radius 1 is 1.50 bits per heavy atom. The van der Waals surface area contributed by atoms with Crippen LogP contribution in [0.4, 0.5) is 0 Å². The fraction of sp³-hybridized carbons (Fsp3) is 0.688. The van der Waals surface area contributed by atoms with E-state index in [-0.39, 0.29) is 12.0 Å². The van der Waals surface area contributed by atoms with Crippen molar-refractivity contribution in [2.45, 2.75) is 51.6 Å². The summed E-state index contributed by atoms with van der Waals surface area (Å²) < 4.78 is 5.74. The molecule has 120 valence electrons. The zero-order valence-electron chi connectivity index (χ0n) is 13.2. The highest BCUT2D eigenvalue weighted by Crippen LogP contribution is 2.23. The highest BCUT2D eigenvalue weighted by Gasteiger charge is 2.28. The van der Waals surface area contributed by atoms with Crippen LogP contribution in [0.5, 0.6) is 0 Å². The Kier molecular flexibility index (Phi) is 4.87. The highest BCUT2D eigenvalue weighted by atomic mass is 16.5. The number of aryl methyl sites for hydroxylation is 1. The van der Waals surface area contributed by atoms with E-state index in [0.717, 1.165) is 25.1 Å². The summed E-state index contributed by atoms with van der Waals surface area (Å²) in [6.45, 7) is 3.78. The van der Waals surface area contributed by atoms with E-state index in [1.54, 1.807) is 0 Å². The van der Waals surface area contributed by atoms with E-state index in [1.165, 1.54) is 18.4 Å². The molecule has 1 atom stereocenters. The molecule has 3 rings (SSSR count). The Morgan fingerprint density at radius 3 is 3.14 bits per heavy atom. The molecule has 1 saturated heterocycles. The zero-order chi connectivity index (χ0) is 15.4. The Morgan fingerprint density at radius 2 is 2.41 bits per heavy atom. The van der Waals surface area contributed by atoms with Crippen molar-refractivity contribution in [3.8, 4) is 0 Å². The van der Waals surface area contributed by atoms with E-state index < -0.39 is 0 Å². The zero-order valence-corrected chi connectivity index (χ0v) is 13.2. The normalized spacial score (nSPS) is 22.5. The average Bonchev–Trinajstić information content (AvgIpc) is 3.05. The second-order valence-electron chi connectivity index (χ2n) is 5.98. The maximum atomic E-state index is 12.5. The third-order valence-corrected chi connectivity index (χ3v) is 4.35. The van der Waals surface area contributed by atoms with Crippen molar-refractivity contribution in [1.82, 2.24) is 20.1 Å². The number of rotatable bonds is 4. The standard InChI is InChI=1S/C16H24N4O2/c1-2-14-17-16(19-18-14)13-11-20(8-9-22-13)15(21)10-12-6-4-3-5-7-12/h6,13H,2-5,7-11H2,1H3,(H,17,18,19). The van der Waals surface area contributed by atoms with Crippen molar-refractivity contribution in [3.05, 3.63) is 23.3 Å². The Balaban J connectivity index is 1.59. The summed E-state index contributed by atoms with van der Waals surface area (Å²) in [5.41, 5.74) is 1.30. The molecular formula is C16H24N4O2. The molecule has 1 amide bonds. The molecule has 0 saturated carbocycles. The summed E-state index contributed by atoms with van der Waals surface area (Å²) in [5, 5.41) is 7.12. The Labute approximate surface area is 130 Å². The number of hydrogen-bond donors (Lipinski definition) is 1. The van der Waals surface area contributed by atoms with Gasteiger partial charge in [-0.15, -0.1) is 0 Å². The molecule has 2 aliphatic rings. The number of allylic oxidation sites excluding steroid dienone is 1. The lowest BCUT2D eigenvalue weighted by molar-refractivity contribution is -0.138. The van der Waals surface area contributed by atoms with Crippen molar-refractivity contribution in [2.75, 3.05) is 19.7 Å². The topological polar surface area (TPSA) is 71.1 Å². The van der Waals surface area contributed by atoms with E-state index in [2.05, 4.69) is 21.3 Å². The molecule has 0 aromatic carbocycles. The van der Waals surface area contributed by atoms with Gasteiger partial charge in [0.25, 0.3) is 0 Å². The van der Waals surface area contributed by atoms with Crippen molar-refractivity contribution in [3.63, 3.8) is 0 Å². The van der Waals surface area contributed by atoms with E-state index in [9.17, 15) is 4.79 Å². The molecule has 0 bridgehead atoms. The van der Waals surface area contributed by atoms with Gasteiger partial charge in [-0.25, -0.2) is 4.98 Å². The van der Waals surface area contributed by atoms with Crippen molar-refractivity contribution >= 4 is 5.91 Å². The number of aromatic amines is 1. The molecule has 1 aromatic heterocycles. The lowest BCUT2D eigenvalue weighted by atomic mass is 9.97. The number of nitrogens with zero attached hydrogens (tertiary/aromatic N) is 3. The number of nitrogens with one attached hydrogen (secondary N) is 1. The van der Waals surface area contributed by atoms with E-state index >= 15 is 0 Å². The molecule has 0 radical (unpaired) electrons. The SMILES string of the molecule is CCc1nc(C2CN(C(=O)CC3=CCCCC3)CCO2)n[nH]1. The highest BCUT2D eigenvalue weighted by molar-refractivity contribution is 5.78. The van der Waals surface area contributed by atoms with Crippen LogP contribution in [0.15, 0.2) is 11.6 Å². The van der Waals surface area contributed by atoms with E-state index in [4.69, 9.17) is 4.74 Å². The minimum atomic E-state index is -0.213. The van der Waals surface area contributed by atoms with Crippen LogP contribution in [-0.2, 0) is 16.0 Å². The summed E-state index contributed by atoms with van der Waals surface area (Å²) in [6.07, 6.45) is 8.05. The second-order valence-corrected chi connectivity index (χ2v) is 5.98. The first kappa shape index (κ1) is 15.2. The fourth-order valence-electron chi connectivity index (χ4n) is 3.02. The number of carbonyl (C=O) groups excluding carboxylic acids is 1. The molecule has 22 heavy (non-hydrogen) atoms. The minimum absolute atomic E-state index is 0.202. The number of H-pyrrole nitrogens is 1. The largest absolute Gasteiger partial charge is 0.366 e. The molecule has 2 heterocycles. The van der Waals surface area contributed by atoms with Crippen LogP contribution < -0.4 is 0 Å². The van der Waals surface area contributed by atoms with Crippen LogP contribution in [-0.4, -0.2) is 45.7 Å². The quantitative estimate of drug-likeness (QED) is 0.865. The van der Waals surface area contributed by atoms with Crippen LogP contribution in [0.1, 0.15) is 56.8 Å². The van der Waals surface area contributed by atoms with Crippen LogP contribution in [0, 0.1) is 0 Å². The van der Waals surface area contributed by atoms with Gasteiger partial charge in [0.05, 0.1) is 13.2 Å². The molecule has 1 fully saturated rings. The molecule has 1 unspecified atom stereocenters. The minimum Gasteiger partial charge on any atom is -0.366 e. The molecule has 1 N–H and O–H groups in total. The van der Waals surface area contributed by atoms with Crippen molar-refractivity contribution < 1.29 is 9.53 Å². The van der Waals surface area contributed by atoms with Crippen molar-refractivity contribution in [2.24, 2.45) is 0 Å². The molecular weight excluding hydrogens is 280 g/mol. The van der Waals surface area contributed by atoms with Crippen LogP contribution in [0.3, 0.4) is 0 Å². The lowest BCUT2D eigenvalue weighted by Crippen LogP contribution is -2.42. The van der Waals surface area contributed by atoms with E-state index in [1.807, 2.05) is 11.8 Å². The first-order valence-corrected chi connectivity index (χ1v) is 8.24. The summed E-state index contributed by atoms with van der Waals surface area (Å²) in [5.74, 6) is 1.72. The lowest BCUT2D eigenvalue weighted by Gasteiger charge is -2.32. The number of ether oxygens (including phenoxy) is 1. The van der Waals surface area contributed by atoms with Gasteiger partial charge in [0.15, 0.2) is 5.82 Å². The number of hydrogen-bond acceptors (Lipinski definition) is 4. The van der Waals surface area contributed by atoms with Gasteiger partial charge >= 0.3 is 0 Å². The number of morpholine rings is 1. The van der Waals surface area contributed by atoms with Gasteiger partial charge in [0.2, 0.25) is 5.91 Å². The average molecular weight is 304 g/mol. The molecule has 6 nitrogen and oxygen atoms in total. The molecule has 1 aromatic rings. The van der Waals surface area contributed by atoms with Gasteiger partial charge < -0.3 is 9.64 Å². The van der Waals surface area contributed by atoms with Gasteiger partial charge in [0.1, 0.15) is 11.9 Å². The smallest absolute Gasteiger partial charge is 0.226 e. The predicted molar refractivity (Wildman–Crippen MR) is 82.2 cm³/mol. The van der Waals surface area contributed by atoms with Gasteiger partial charge in [-0.1, -0.05) is 18.6 Å². The monoisotopic (exact) mass is 304 g/mol. The van der Waals surface area contributed by atoms with Gasteiger partial charge in [-0.2, -0.15) is 5.10 Å². The molecule has 0 spiro atoms. The van der Waals surface area contributed by atoms with Gasteiger partial charge in [0, 0.05) is 19.4 Å². The first-order chi connectivity index (χ1) is 10.8. The Bertz CT molecular complexity index is 552. The maximum absolute atomic E-state index is 12.5. The third-order valence-electron chi connectivity index (χ3n) is 4.35. The summed E-state index contributed by atoms with van der Waals surface area (Å²) in [4.78, 5) is 18.8. The van der Waals surface area contributed by atoms with Crippen molar-refractivity contribution in [1.29, 1.82) is 0 Å². The number of aromatic nitrogens is 3. The maximum Gasteiger partial charge on any atom is 0.226 e.